The molecule has 0 amide bonds. The number of hydrogen-bond donors (Lipinski definition) is 0. The maximum absolute atomic E-state index is 12.8. The van der Waals surface area contributed by atoms with Crippen LogP contribution in [0.25, 0.3) is 6.08 Å². The molecule has 0 N–H and O–H groups in total. The smallest absolute Gasteiger partial charge is 0.490 e. The Bertz CT molecular complexity index is 1080. The van der Waals surface area contributed by atoms with Crippen LogP contribution >= 0.6 is 0 Å². The molecule has 0 atom stereocenters. The number of aryl methyl sites for hydroxylation is 1. The first-order valence-electron chi connectivity index (χ1n) is 10.7. The molecule has 2 rings (SSSR count). The number of esters is 1. The maximum Gasteiger partial charge on any atom is 0.573 e. The van der Waals surface area contributed by atoms with Gasteiger partial charge in [-0.15, -0.1) is 13.2 Å². The second-order valence-corrected chi connectivity index (χ2v) is 9.05. The van der Waals surface area contributed by atoms with Crippen LogP contribution in [0.4, 0.5) is 13.2 Å². The van der Waals surface area contributed by atoms with Gasteiger partial charge in [0.2, 0.25) is 0 Å². The van der Waals surface area contributed by atoms with Crippen LogP contribution < -0.4 is 9.47 Å². The predicted octanol–water partition coefficient (Wildman–Crippen LogP) is 6.84. The van der Waals surface area contributed by atoms with Gasteiger partial charge in [-0.3, -0.25) is 4.79 Å². The standard InChI is InChI=1S/C26H29F3O5/c1-15(2)32-23-17(4)22(24(31)34-25(5,6)7)16(3)14-19(23)10-13-21(30)18-8-11-20(12-9-18)33-26(27,28)29/h8-15H,1-7H3. The third-order valence-corrected chi connectivity index (χ3v) is 4.49. The maximum atomic E-state index is 12.8. The number of hydrogen-bond acceptors (Lipinski definition) is 5. The Balaban J connectivity index is 2.38. The molecule has 2 aromatic carbocycles. The zero-order chi connectivity index (χ0) is 25.8. The van der Waals surface area contributed by atoms with Gasteiger partial charge in [-0.05, 0) is 96.5 Å². The molecule has 0 aliphatic carbocycles. The molecular weight excluding hydrogens is 449 g/mol. The molecule has 0 fully saturated rings. The Kier molecular flexibility index (Phi) is 8.18. The minimum atomic E-state index is -4.81. The molecule has 5 nitrogen and oxygen atoms in total. The minimum absolute atomic E-state index is 0.191. The SMILES string of the molecule is Cc1cc(C=CC(=O)c2ccc(OC(F)(F)F)cc2)c(OC(C)C)c(C)c1C(=O)OC(C)(C)C. The van der Waals surface area contributed by atoms with E-state index in [-0.39, 0.29) is 11.7 Å². The van der Waals surface area contributed by atoms with Crippen molar-refractivity contribution in [2.24, 2.45) is 0 Å². The average Bonchev–Trinajstić information content (AvgIpc) is 2.66. The number of allylic oxidation sites excluding steroid dienone is 1. The topological polar surface area (TPSA) is 61.8 Å². The van der Waals surface area contributed by atoms with Crippen molar-refractivity contribution in [2.75, 3.05) is 0 Å². The van der Waals surface area contributed by atoms with Gasteiger partial charge in [0, 0.05) is 16.7 Å². The van der Waals surface area contributed by atoms with Gasteiger partial charge in [-0.1, -0.05) is 0 Å². The lowest BCUT2D eigenvalue weighted by Gasteiger charge is -2.23. The fourth-order valence-corrected chi connectivity index (χ4v) is 3.24. The van der Waals surface area contributed by atoms with Crippen LogP contribution in [0, 0.1) is 13.8 Å². The summed E-state index contributed by atoms with van der Waals surface area (Å²) in [4.78, 5) is 25.4. The number of carbonyl (C=O) groups excluding carboxylic acids is 2. The normalized spacial score (nSPS) is 12.2. The average molecular weight is 479 g/mol. The molecule has 0 radical (unpaired) electrons. The van der Waals surface area contributed by atoms with E-state index in [0.717, 1.165) is 12.1 Å². The lowest BCUT2D eigenvalue weighted by molar-refractivity contribution is -0.274. The molecule has 0 aliphatic heterocycles. The van der Waals surface area contributed by atoms with E-state index in [0.29, 0.717) is 28.0 Å². The Morgan fingerprint density at radius 3 is 2.09 bits per heavy atom. The molecule has 184 valence electrons. The van der Waals surface area contributed by atoms with Gasteiger partial charge in [0.25, 0.3) is 0 Å². The van der Waals surface area contributed by atoms with Crippen LogP contribution in [0.3, 0.4) is 0 Å². The monoisotopic (exact) mass is 478 g/mol. The largest absolute Gasteiger partial charge is 0.573 e. The van der Waals surface area contributed by atoms with Crippen LogP contribution in [0.1, 0.15) is 72.0 Å². The Morgan fingerprint density at radius 2 is 1.59 bits per heavy atom. The van der Waals surface area contributed by atoms with Crippen molar-refractivity contribution in [1.29, 1.82) is 0 Å². The second-order valence-electron chi connectivity index (χ2n) is 9.05. The van der Waals surface area contributed by atoms with Crippen molar-refractivity contribution < 1.29 is 37.0 Å². The fourth-order valence-electron chi connectivity index (χ4n) is 3.24. The van der Waals surface area contributed by atoms with Crippen molar-refractivity contribution in [3.8, 4) is 11.5 Å². The van der Waals surface area contributed by atoms with E-state index in [9.17, 15) is 22.8 Å². The molecule has 0 aromatic heterocycles. The summed E-state index contributed by atoms with van der Waals surface area (Å²) in [5.41, 5.74) is 1.75. The van der Waals surface area contributed by atoms with E-state index < -0.39 is 29.5 Å². The first-order chi connectivity index (χ1) is 15.6. The molecule has 0 unspecified atom stereocenters. The highest BCUT2D eigenvalue weighted by Gasteiger charge is 2.31. The van der Waals surface area contributed by atoms with Crippen molar-refractivity contribution >= 4 is 17.8 Å². The molecule has 34 heavy (non-hydrogen) atoms. The molecule has 0 bridgehead atoms. The summed E-state index contributed by atoms with van der Waals surface area (Å²) in [5.74, 6) is -0.853. The highest BCUT2D eigenvalue weighted by molar-refractivity contribution is 6.07. The Labute approximate surface area is 197 Å². The summed E-state index contributed by atoms with van der Waals surface area (Å²) in [5, 5.41) is 0. The van der Waals surface area contributed by atoms with Gasteiger partial charge in [0.15, 0.2) is 5.78 Å². The molecule has 0 saturated carbocycles. The molecule has 0 spiro atoms. The van der Waals surface area contributed by atoms with Crippen molar-refractivity contribution in [1.82, 2.24) is 0 Å². The molecule has 0 saturated heterocycles. The number of halogens is 3. The van der Waals surface area contributed by atoms with Crippen LogP contribution in [0.5, 0.6) is 11.5 Å². The minimum Gasteiger partial charge on any atom is -0.490 e. The molecule has 0 aliphatic rings. The summed E-state index contributed by atoms with van der Waals surface area (Å²) >= 11 is 0. The number of carbonyl (C=O) groups is 2. The van der Waals surface area contributed by atoms with Crippen LogP contribution in [-0.4, -0.2) is 29.8 Å². The number of ether oxygens (including phenoxy) is 3. The molecular formula is C26H29F3O5. The lowest BCUT2D eigenvalue weighted by atomic mass is 9.96. The van der Waals surface area contributed by atoms with E-state index in [1.54, 1.807) is 46.8 Å². The Hall–Kier alpha value is -3.29. The van der Waals surface area contributed by atoms with Crippen LogP contribution in [0.2, 0.25) is 0 Å². The van der Waals surface area contributed by atoms with E-state index in [1.807, 2.05) is 13.8 Å². The quantitative estimate of drug-likeness (QED) is 0.248. The van der Waals surface area contributed by atoms with Crippen molar-refractivity contribution in [2.45, 2.75) is 66.5 Å². The highest BCUT2D eigenvalue weighted by atomic mass is 19.4. The number of benzene rings is 2. The fraction of sp³-hybridized carbons (Fsp3) is 0.385. The van der Waals surface area contributed by atoms with E-state index in [2.05, 4.69) is 4.74 Å². The van der Waals surface area contributed by atoms with Gasteiger partial charge in [-0.25, -0.2) is 4.79 Å². The van der Waals surface area contributed by atoms with E-state index >= 15 is 0 Å². The lowest BCUT2D eigenvalue weighted by Crippen LogP contribution is -2.25. The van der Waals surface area contributed by atoms with Crippen molar-refractivity contribution in [3.63, 3.8) is 0 Å². The van der Waals surface area contributed by atoms with Gasteiger partial charge >= 0.3 is 12.3 Å². The number of ketones is 1. The van der Waals surface area contributed by atoms with E-state index in [4.69, 9.17) is 9.47 Å². The zero-order valence-corrected chi connectivity index (χ0v) is 20.3. The summed E-state index contributed by atoms with van der Waals surface area (Å²) in [6, 6.07) is 6.38. The first-order valence-corrected chi connectivity index (χ1v) is 10.7. The number of alkyl halides is 3. The van der Waals surface area contributed by atoms with Crippen LogP contribution in [-0.2, 0) is 4.74 Å². The molecule has 8 heteroatoms. The first kappa shape index (κ1) is 27.0. The zero-order valence-electron chi connectivity index (χ0n) is 20.3. The third-order valence-electron chi connectivity index (χ3n) is 4.49. The van der Waals surface area contributed by atoms with Gasteiger partial charge in [-0.2, -0.15) is 0 Å². The van der Waals surface area contributed by atoms with Gasteiger partial charge in [0.1, 0.15) is 17.1 Å². The summed E-state index contributed by atoms with van der Waals surface area (Å²) in [6.45, 7) is 12.6. The summed E-state index contributed by atoms with van der Waals surface area (Å²) in [7, 11) is 0. The molecule has 2 aromatic rings. The van der Waals surface area contributed by atoms with Crippen LogP contribution in [0.15, 0.2) is 36.4 Å². The van der Waals surface area contributed by atoms with Crippen molar-refractivity contribution in [3.05, 3.63) is 64.2 Å². The highest BCUT2D eigenvalue weighted by Crippen LogP contribution is 2.33. The van der Waals surface area contributed by atoms with Gasteiger partial charge < -0.3 is 14.2 Å². The third kappa shape index (κ3) is 7.64. The summed E-state index contributed by atoms with van der Waals surface area (Å²) in [6.07, 6.45) is -2.15. The number of rotatable bonds is 7. The van der Waals surface area contributed by atoms with Gasteiger partial charge in [0.05, 0.1) is 11.7 Å². The van der Waals surface area contributed by atoms with E-state index in [1.165, 1.54) is 18.2 Å². The summed E-state index contributed by atoms with van der Waals surface area (Å²) < 4.78 is 52.3. The molecule has 0 heterocycles. The Morgan fingerprint density at radius 1 is 1.00 bits per heavy atom. The predicted molar refractivity (Wildman–Crippen MR) is 123 cm³/mol. The second kappa shape index (κ2) is 10.3.